The molecule has 4 atom stereocenters. The number of nitrogens with one attached hydrogen (secondary N) is 1. The highest BCUT2D eigenvalue weighted by Crippen LogP contribution is 2.42. The van der Waals surface area contributed by atoms with Crippen molar-refractivity contribution in [2.45, 2.75) is 19.8 Å². The predicted octanol–water partition coefficient (Wildman–Crippen LogP) is 1.95. The van der Waals surface area contributed by atoms with Crippen molar-refractivity contribution >= 4 is 0 Å². The first kappa shape index (κ1) is 9.73. The Morgan fingerprint density at radius 1 is 1.50 bits per heavy atom. The van der Waals surface area contributed by atoms with Gasteiger partial charge in [-0.25, -0.2) is 0 Å². The molecule has 0 spiro atoms. The number of rotatable bonds is 4. The Labute approximate surface area is 86.0 Å². The summed E-state index contributed by atoms with van der Waals surface area (Å²) in [4.78, 5) is 0. The van der Waals surface area contributed by atoms with Crippen LogP contribution >= 0.6 is 0 Å². The highest BCUT2D eigenvalue weighted by molar-refractivity contribution is 5.10. The number of hydrogen-bond donors (Lipinski definition) is 1. The van der Waals surface area contributed by atoms with Crippen molar-refractivity contribution in [3.63, 3.8) is 0 Å². The molecule has 0 saturated heterocycles. The van der Waals surface area contributed by atoms with E-state index in [1.165, 1.54) is 12.8 Å². The van der Waals surface area contributed by atoms with Gasteiger partial charge in [0.1, 0.15) is 0 Å². The lowest BCUT2D eigenvalue weighted by atomic mass is 9.93. The Hall–Kier alpha value is -0.810. The molecule has 0 heterocycles. The second kappa shape index (κ2) is 4.14. The monoisotopic (exact) mass is 190 g/mol. The number of allylic oxidation sites excluding steroid dienone is 2. The molecule has 0 amide bonds. The Morgan fingerprint density at radius 2 is 2.36 bits per heavy atom. The summed E-state index contributed by atoms with van der Waals surface area (Å²) < 4.78 is 0. The summed E-state index contributed by atoms with van der Waals surface area (Å²) in [5.74, 6) is 2.66. The van der Waals surface area contributed by atoms with Crippen LogP contribution in [0.15, 0.2) is 12.2 Å². The van der Waals surface area contributed by atoms with Crippen molar-refractivity contribution in [3.8, 4) is 6.07 Å². The molecular weight excluding hydrogens is 172 g/mol. The van der Waals surface area contributed by atoms with Gasteiger partial charge in [-0.2, -0.15) is 5.26 Å². The SMILES string of the molecule is CC(C#N)CNCC1CC2C=CC1C2. The van der Waals surface area contributed by atoms with Gasteiger partial charge in [0, 0.05) is 6.54 Å². The van der Waals surface area contributed by atoms with Crippen LogP contribution in [0.25, 0.3) is 0 Å². The lowest BCUT2D eigenvalue weighted by molar-refractivity contribution is 0.407. The first-order valence-corrected chi connectivity index (χ1v) is 5.58. The number of fused-ring (bicyclic) bond motifs is 2. The van der Waals surface area contributed by atoms with E-state index in [4.69, 9.17) is 5.26 Å². The Kier molecular flexibility index (Phi) is 2.88. The zero-order valence-electron chi connectivity index (χ0n) is 8.74. The first-order chi connectivity index (χ1) is 6.79. The molecule has 2 rings (SSSR count). The summed E-state index contributed by atoms with van der Waals surface area (Å²) in [5, 5.41) is 12.0. The molecule has 2 bridgehead atoms. The van der Waals surface area contributed by atoms with Crippen molar-refractivity contribution in [1.29, 1.82) is 5.26 Å². The summed E-state index contributed by atoms with van der Waals surface area (Å²) in [7, 11) is 0. The topological polar surface area (TPSA) is 35.8 Å². The Morgan fingerprint density at radius 3 is 2.93 bits per heavy atom. The normalized spacial score (nSPS) is 35.9. The van der Waals surface area contributed by atoms with Gasteiger partial charge in [-0.05, 0) is 44.1 Å². The van der Waals surface area contributed by atoms with E-state index in [1.807, 2.05) is 6.92 Å². The third-order valence-corrected chi connectivity index (χ3v) is 3.49. The third kappa shape index (κ3) is 1.99. The summed E-state index contributed by atoms with van der Waals surface area (Å²) in [6, 6.07) is 2.25. The fraction of sp³-hybridized carbons (Fsp3) is 0.750. The van der Waals surface area contributed by atoms with Gasteiger partial charge in [-0.15, -0.1) is 0 Å². The van der Waals surface area contributed by atoms with Gasteiger partial charge >= 0.3 is 0 Å². The van der Waals surface area contributed by atoms with E-state index in [-0.39, 0.29) is 5.92 Å². The molecule has 0 radical (unpaired) electrons. The smallest absolute Gasteiger partial charge is 0.0666 e. The average molecular weight is 190 g/mol. The molecule has 0 aromatic heterocycles. The van der Waals surface area contributed by atoms with Crippen LogP contribution in [0.3, 0.4) is 0 Å². The number of nitriles is 1. The number of hydrogen-bond acceptors (Lipinski definition) is 2. The number of nitrogens with zero attached hydrogens (tertiary/aromatic N) is 1. The summed E-state index contributed by atoms with van der Waals surface area (Å²) in [5.41, 5.74) is 0. The van der Waals surface area contributed by atoms with Crippen LogP contribution in [0.2, 0.25) is 0 Å². The van der Waals surface area contributed by atoms with Gasteiger partial charge < -0.3 is 5.32 Å². The van der Waals surface area contributed by atoms with Gasteiger partial charge in [0.2, 0.25) is 0 Å². The molecular formula is C12H18N2. The van der Waals surface area contributed by atoms with Gasteiger partial charge in [0.15, 0.2) is 0 Å². The van der Waals surface area contributed by atoms with Crippen LogP contribution in [0.1, 0.15) is 19.8 Å². The average Bonchev–Trinajstić information content (AvgIpc) is 2.79. The van der Waals surface area contributed by atoms with E-state index in [0.717, 1.165) is 30.8 Å². The highest BCUT2D eigenvalue weighted by Gasteiger charge is 2.34. The quantitative estimate of drug-likeness (QED) is 0.688. The van der Waals surface area contributed by atoms with Crippen molar-refractivity contribution in [3.05, 3.63) is 12.2 Å². The maximum Gasteiger partial charge on any atom is 0.0666 e. The fourth-order valence-electron chi connectivity index (χ4n) is 2.66. The van der Waals surface area contributed by atoms with Crippen LogP contribution < -0.4 is 5.32 Å². The van der Waals surface area contributed by atoms with E-state index in [9.17, 15) is 0 Å². The molecule has 0 aromatic rings. The molecule has 2 heteroatoms. The van der Waals surface area contributed by atoms with E-state index in [2.05, 4.69) is 23.5 Å². The fourth-order valence-corrected chi connectivity index (χ4v) is 2.66. The van der Waals surface area contributed by atoms with Crippen molar-refractivity contribution < 1.29 is 0 Å². The molecule has 1 N–H and O–H groups in total. The summed E-state index contributed by atoms with van der Waals surface area (Å²) in [6.07, 6.45) is 7.49. The molecule has 0 aromatic carbocycles. The van der Waals surface area contributed by atoms with Crippen LogP contribution in [-0.2, 0) is 0 Å². The van der Waals surface area contributed by atoms with E-state index < -0.39 is 0 Å². The van der Waals surface area contributed by atoms with E-state index in [1.54, 1.807) is 0 Å². The molecule has 4 unspecified atom stereocenters. The summed E-state index contributed by atoms with van der Waals surface area (Å²) >= 11 is 0. The minimum Gasteiger partial charge on any atom is -0.315 e. The first-order valence-electron chi connectivity index (χ1n) is 5.58. The van der Waals surface area contributed by atoms with Crippen molar-refractivity contribution in [2.24, 2.45) is 23.7 Å². The maximum atomic E-state index is 8.63. The van der Waals surface area contributed by atoms with Crippen LogP contribution in [-0.4, -0.2) is 13.1 Å². The minimum absolute atomic E-state index is 0.143. The zero-order valence-corrected chi connectivity index (χ0v) is 8.74. The molecule has 2 aliphatic carbocycles. The van der Waals surface area contributed by atoms with E-state index in [0.29, 0.717) is 0 Å². The van der Waals surface area contributed by atoms with Crippen LogP contribution in [0.4, 0.5) is 0 Å². The van der Waals surface area contributed by atoms with Crippen molar-refractivity contribution in [2.75, 3.05) is 13.1 Å². The standard InChI is InChI=1S/C12H18N2/c1-9(6-13)7-14-8-12-5-10-2-3-11(12)4-10/h2-3,9-12,14H,4-5,7-8H2,1H3. The van der Waals surface area contributed by atoms with E-state index >= 15 is 0 Å². The maximum absolute atomic E-state index is 8.63. The Bertz CT molecular complexity index is 264. The molecule has 0 aliphatic heterocycles. The minimum atomic E-state index is 0.143. The van der Waals surface area contributed by atoms with Gasteiger partial charge in [0.25, 0.3) is 0 Å². The molecule has 76 valence electrons. The van der Waals surface area contributed by atoms with Gasteiger partial charge in [-0.3, -0.25) is 0 Å². The summed E-state index contributed by atoms with van der Waals surface area (Å²) in [6.45, 7) is 3.90. The van der Waals surface area contributed by atoms with Gasteiger partial charge in [-0.1, -0.05) is 12.2 Å². The highest BCUT2D eigenvalue weighted by atomic mass is 14.9. The van der Waals surface area contributed by atoms with Crippen LogP contribution in [0.5, 0.6) is 0 Å². The second-order valence-electron chi connectivity index (χ2n) is 4.73. The lowest BCUT2D eigenvalue weighted by Crippen LogP contribution is -2.28. The van der Waals surface area contributed by atoms with Crippen LogP contribution in [0, 0.1) is 35.0 Å². The molecule has 14 heavy (non-hydrogen) atoms. The molecule has 2 aliphatic rings. The van der Waals surface area contributed by atoms with Crippen molar-refractivity contribution in [1.82, 2.24) is 5.32 Å². The predicted molar refractivity (Wildman–Crippen MR) is 56.5 cm³/mol. The molecule has 2 nitrogen and oxygen atoms in total. The second-order valence-corrected chi connectivity index (χ2v) is 4.73. The van der Waals surface area contributed by atoms with Gasteiger partial charge in [0.05, 0.1) is 12.0 Å². The largest absolute Gasteiger partial charge is 0.315 e. The zero-order chi connectivity index (χ0) is 9.97. The third-order valence-electron chi connectivity index (χ3n) is 3.49. The lowest BCUT2D eigenvalue weighted by Gasteiger charge is -2.18. The molecule has 1 saturated carbocycles. The molecule has 1 fully saturated rings. The Balaban J connectivity index is 1.68.